The van der Waals surface area contributed by atoms with Crippen LogP contribution in [0.25, 0.3) is 0 Å². The van der Waals surface area contributed by atoms with Crippen molar-refractivity contribution in [1.82, 2.24) is 0 Å². The van der Waals surface area contributed by atoms with E-state index in [0.717, 1.165) is 16.8 Å². The molecule has 0 spiro atoms. The summed E-state index contributed by atoms with van der Waals surface area (Å²) in [6, 6.07) is 17.2. The number of anilines is 1. The number of hydrogen-bond acceptors (Lipinski definition) is 1. The number of nitrogens with two attached hydrogens (primary N) is 1. The van der Waals surface area contributed by atoms with Crippen molar-refractivity contribution in [1.29, 1.82) is 0 Å². The van der Waals surface area contributed by atoms with Gasteiger partial charge in [0.05, 0.1) is 0 Å². The number of benzene rings is 2. The smallest absolute Gasteiger partial charge is 0.0314 e. The second kappa shape index (κ2) is 5.45. The Kier molecular flexibility index (Phi) is 3.48. The summed E-state index contributed by atoms with van der Waals surface area (Å²) >= 11 is 0. The quantitative estimate of drug-likeness (QED) is 0.533. The van der Waals surface area contributed by atoms with Crippen molar-refractivity contribution < 1.29 is 0 Å². The molecule has 0 unspecified atom stereocenters. The Balaban J connectivity index is 2.09. The Morgan fingerprint density at radius 1 is 0.647 bits per heavy atom. The standard InChI is InChI=1S/C16H11N/c17-16-12-10-15(11-13-16)9-5-4-8-14-6-2-1-3-7-14/h1-3,6-7,10-13H,17H2. The summed E-state index contributed by atoms with van der Waals surface area (Å²) < 4.78 is 0. The van der Waals surface area contributed by atoms with Gasteiger partial charge in [-0.25, -0.2) is 0 Å². The van der Waals surface area contributed by atoms with Crippen LogP contribution in [0.3, 0.4) is 0 Å². The van der Waals surface area contributed by atoms with Gasteiger partial charge < -0.3 is 5.73 Å². The fraction of sp³-hybridized carbons (Fsp3) is 0. The Bertz CT molecular complexity index is 602. The van der Waals surface area contributed by atoms with Crippen molar-refractivity contribution in [3.63, 3.8) is 0 Å². The Labute approximate surface area is 101 Å². The lowest BCUT2D eigenvalue weighted by atomic mass is 10.2. The molecule has 2 aromatic carbocycles. The first-order valence-electron chi connectivity index (χ1n) is 5.27. The van der Waals surface area contributed by atoms with Crippen LogP contribution in [0.2, 0.25) is 0 Å². The van der Waals surface area contributed by atoms with Crippen LogP contribution in [-0.4, -0.2) is 0 Å². The minimum atomic E-state index is 0.742. The van der Waals surface area contributed by atoms with Crippen molar-refractivity contribution >= 4 is 5.69 Å². The normalized spacial score (nSPS) is 8.47. The SMILES string of the molecule is Nc1ccc(C#CC#Cc2ccccc2)cc1. The van der Waals surface area contributed by atoms with Gasteiger partial charge in [-0.3, -0.25) is 0 Å². The first kappa shape index (κ1) is 10.9. The molecule has 2 rings (SSSR count). The molecule has 2 N–H and O–H groups in total. The van der Waals surface area contributed by atoms with Crippen LogP contribution < -0.4 is 5.73 Å². The van der Waals surface area contributed by atoms with Gasteiger partial charge in [0.25, 0.3) is 0 Å². The molecule has 0 atom stereocenters. The first-order chi connectivity index (χ1) is 8.34. The van der Waals surface area contributed by atoms with E-state index in [1.807, 2.05) is 54.6 Å². The summed E-state index contributed by atoms with van der Waals surface area (Å²) in [5, 5.41) is 0. The number of nitrogen functional groups attached to an aromatic ring is 1. The Hall–Kier alpha value is -2.64. The average molecular weight is 217 g/mol. The van der Waals surface area contributed by atoms with E-state index >= 15 is 0 Å². The molecule has 0 aliphatic rings. The highest BCUT2D eigenvalue weighted by Gasteiger charge is 1.85. The Morgan fingerprint density at radius 2 is 1.18 bits per heavy atom. The van der Waals surface area contributed by atoms with Crippen molar-refractivity contribution in [3.05, 3.63) is 65.7 Å². The Morgan fingerprint density at radius 3 is 1.76 bits per heavy atom. The molecular formula is C16H11N. The third kappa shape index (κ3) is 3.45. The summed E-state index contributed by atoms with van der Waals surface area (Å²) in [7, 11) is 0. The molecule has 0 bridgehead atoms. The molecular weight excluding hydrogens is 206 g/mol. The van der Waals surface area contributed by atoms with Gasteiger partial charge in [-0.05, 0) is 48.2 Å². The van der Waals surface area contributed by atoms with Crippen LogP contribution in [0.4, 0.5) is 5.69 Å². The highest BCUT2D eigenvalue weighted by molar-refractivity contribution is 5.48. The van der Waals surface area contributed by atoms with Crippen LogP contribution in [0.5, 0.6) is 0 Å². The van der Waals surface area contributed by atoms with Gasteiger partial charge in [-0.1, -0.05) is 30.0 Å². The van der Waals surface area contributed by atoms with Crippen LogP contribution in [-0.2, 0) is 0 Å². The third-order valence-corrected chi connectivity index (χ3v) is 2.16. The van der Waals surface area contributed by atoms with Crippen LogP contribution in [0, 0.1) is 23.7 Å². The fourth-order valence-electron chi connectivity index (χ4n) is 1.29. The molecule has 0 aliphatic heterocycles. The van der Waals surface area contributed by atoms with Crippen LogP contribution >= 0.6 is 0 Å². The second-order valence-corrected chi connectivity index (χ2v) is 3.49. The van der Waals surface area contributed by atoms with Gasteiger partial charge in [-0.15, -0.1) is 0 Å². The van der Waals surface area contributed by atoms with E-state index in [-0.39, 0.29) is 0 Å². The predicted molar refractivity (Wildman–Crippen MR) is 71.1 cm³/mol. The van der Waals surface area contributed by atoms with Crippen LogP contribution in [0.1, 0.15) is 11.1 Å². The van der Waals surface area contributed by atoms with Gasteiger partial charge in [0, 0.05) is 16.8 Å². The van der Waals surface area contributed by atoms with E-state index in [9.17, 15) is 0 Å². The summed E-state index contributed by atoms with van der Waals surface area (Å²) in [6.07, 6.45) is 0. The molecule has 0 saturated heterocycles. The van der Waals surface area contributed by atoms with Gasteiger partial charge >= 0.3 is 0 Å². The highest BCUT2D eigenvalue weighted by atomic mass is 14.5. The van der Waals surface area contributed by atoms with Crippen molar-refractivity contribution in [2.24, 2.45) is 0 Å². The first-order valence-corrected chi connectivity index (χ1v) is 5.27. The maximum Gasteiger partial charge on any atom is 0.0314 e. The summed E-state index contributed by atoms with van der Waals surface area (Å²) in [5.74, 6) is 11.6. The van der Waals surface area contributed by atoms with Crippen molar-refractivity contribution in [2.75, 3.05) is 5.73 Å². The molecule has 1 heteroatoms. The van der Waals surface area contributed by atoms with E-state index < -0.39 is 0 Å². The van der Waals surface area contributed by atoms with Crippen molar-refractivity contribution in [2.45, 2.75) is 0 Å². The number of rotatable bonds is 0. The molecule has 0 radical (unpaired) electrons. The molecule has 17 heavy (non-hydrogen) atoms. The molecule has 0 amide bonds. The predicted octanol–water partition coefficient (Wildman–Crippen LogP) is 2.67. The van der Waals surface area contributed by atoms with Gasteiger partial charge in [-0.2, -0.15) is 0 Å². The average Bonchev–Trinajstić information content (AvgIpc) is 2.38. The number of hydrogen-bond donors (Lipinski definition) is 1. The topological polar surface area (TPSA) is 26.0 Å². The molecule has 0 heterocycles. The zero-order valence-electron chi connectivity index (χ0n) is 9.27. The lowest BCUT2D eigenvalue weighted by Gasteiger charge is -1.90. The molecule has 80 valence electrons. The van der Waals surface area contributed by atoms with Gasteiger partial charge in [0.15, 0.2) is 0 Å². The maximum absolute atomic E-state index is 5.58. The van der Waals surface area contributed by atoms with Crippen LogP contribution in [0.15, 0.2) is 54.6 Å². The molecule has 0 saturated carbocycles. The van der Waals surface area contributed by atoms with E-state index in [0.29, 0.717) is 0 Å². The third-order valence-electron chi connectivity index (χ3n) is 2.16. The zero-order chi connectivity index (χ0) is 11.9. The fourth-order valence-corrected chi connectivity index (χ4v) is 1.29. The molecule has 1 nitrogen and oxygen atoms in total. The minimum Gasteiger partial charge on any atom is -0.399 e. The lowest BCUT2D eigenvalue weighted by Crippen LogP contribution is -1.82. The highest BCUT2D eigenvalue weighted by Crippen LogP contribution is 2.03. The molecule has 0 aliphatic carbocycles. The molecule has 0 fully saturated rings. The van der Waals surface area contributed by atoms with E-state index in [1.54, 1.807) is 0 Å². The second-order valence-electron chi connectivity index (χ2n) is 3.49. The van der Waals surface area contributed by atoms with E-state index in [1.165, 1.54) is 0 Å². The van der Waals surface area contributed by atoms with Crippen molar-refractivity contribution in [3.8, 4) is 23.7 Å². The molecule has 2 aromatic rings. The van der Waals surface area contributed by atoms with Gasteiger partial charge in [0.1, 0.15) is 0 Å². The minimum absolute atomic E-state index is 0.742. The van der Waals surface area contributed by atoms with E-state index in [2.05, 4.69) is 23.7 Å². The summed E-state index contributed by atoms with van der Waals surface area (Å²) in [4.78, 5) is 0. The summed E-state index contributed by atoms with van der Waals surface area (Å²) in [5.41, 5.74) is 8.21. The van der Waals surface area contributed by atoms with Gasteiger partial charge in [0.2, 0.25) is 0 Å². The maximum atomic E-state index is 5.58. The molecule has 0 aromatic heterocycles. The monoisotopic (exact) mass is 217 g/mol. The van der Waals surface area contributed by atoms with E-state index in [4.69, 9.17) is 5.73 Å². The lowest BCUT2D eigenvalue weighted by molar-refractivity contribution is 1.63. The zero-order valence-corrected chi connectivity index (χ0v) is 9.27. The summed E-state index contributed by atoms with van der Waals surface area (Å²) in [6.45, 7) is 0. The largest absolute Gasteiger partial charge is 0.399 e.